The standard InChI is InChI=1S/C18H15N3O3/c22-18(15-11-19-12-21(15)13-5-2-1-3-6-13)20-14-7-4-8-16-17(14)24-10-9-23-16/h1-8,11-12H,9-10H2,(H,20,22). The number of hydrogen-bond donors (Lipinski definition) is 1. The molecule has 0 radical (unpaired) electrons. The van der Waals surface area contributed by atoms with Crippen molar-refractivity contribution in [1.29, 1.82) is 0 Å². The van der Waals surface area contributed by atoms with Gasteiger partial charge in [0.15, 0.2) is 11.5 Å². The number of amides is 1. The van der Waals surface area contributed by atoms with Crippen molar-refractivity contribution in [3.63, 3.8) is 0 Å². The molecule has 0 spiro atoms. The minimum Gasteiger partial charge on any atom is -0.486 e. The van der Waals surface area contributed by atoms with Crippen LogP contribution >= 0.6 is 0 Å². The van der Waals surface area contributed by atoms with Crippen LogP contribution in [0.15, 0.2) is 61.1 Å². The molecule has 0 saturated heterocycles. The highest BCUT2D eigenvalue weighted by Gasteiger charge is 2.19. The van der Waals surface area contributed by atoms with E-state index in [0.717, 1.165) is 5.69 Å². The summed E-state index contributed by atoms with van der Waals surface area (Å²) in [7, 11) is 0. The number of benzene rings is 2. The van der Waals surface area contributed by atoms with Crippen LogP contribution in [-0.4, -0.2) is 28.7 Å². The Kier molecular flexibility index (Phi) is 3.63. The molecule has 2 aromatic carbocycles. The van der Waals surface area contributed by atoms with Gasteiger partial charge in [0.2, 0.25) is 0 Å². The number of nitrogens with zero attached hydrogens (tertiary/aromatic N) is 2. The van der Waals surface area contributed by atoms with Gasteiger partial charge >= 0.3 is 0 Å². The molecule has 4 rings (SSSR count). The molecular weight excluding hydrogens is 306 g/mol. The Morgan fingerprint density at radius 2 is 1.88 bits per heavy atom. The molecule has 6 nitrogen and oxygen atoms in total. The van der Waals surface area contributed by atoms with Crippen molar-refractivity contribution in [3.8, 4) is 17.2 Å². The highest BCUT2D eigenvalue weighted by Crippen LogP contribution is 2.37. The van der Waals surface area contributed by atoms with Gasteiger partial charge in [0.1, 0.15) is 18.9 Å². The highest BCUT2D eigenvalue weighted by molar-refractivity contribution is 6.04. The lowest BCUT2D eigenvalue weighted by Gasteiger charge is -2.21. The van der Waals surface area contributed by atoms with Crippen molar-refractivity contribution >= 4 is 11.6 Å². The molecular formula is C18H15N3O3. The summed E-state index contributed by atoms with van der Waals surface area (Å²) in [6, 6.07) is 15.0. The number of para-hydroxylation sites is 2. The Labute approximate surface area is 138 Å². The van der Waals surface area contributed by atoms with Crippen LogP contribution in [0.25, 0.3) is 5.69 Å². The van der Waals surface area contributed by atoms with E-state index in [0.29, 0.717) is 36.1 Å². The predicted octanol–water partition coefficient (Wildman–Crippen LogP) is 2.90. The Morgan fingerprint density at radius 3 is 2.75 bits per heavy atom. The Balaban J connectivity index is 1.64. The number of ether oxygens (including phenoxy) is 2. The van der Waals surface area contributed by atoms with Crippen LogP contribution in [0.2, 0.25) is 0 Å². The first-order chi connectivity index (χ1) is 11.8. The van der Waals surface area contributed by atoms with Gasteiger partial charge in [-0.15, -0.1) is 0 Å². The summed E-state index contributed by atoms with van der Waals surface area (Å²) in [5.41, 5.74) is 1.89. The molecule has 24 heavy (non-hydrogen) atoms. The maximum Gasteiger partial charge on any atom is 0.274 e. The average Bonchev–Trinajstić information content (AvgIpc) is 3.13. The molecule has 0 saturated carbocycles. The van der Waals surface area contributed by atoms with Crippen molar-refractivity contribution in [2.45, 2.75) is 0 Å². The van der Waals surface area contributed by atoms with Gasteiger partial charge in [-0.3, -0.25) is 9.36 Å². The van der Waals surface area contributed by atoms with Gasteiger partial charge in [-0.25, -0.2) is 4.98 Å². The molecule has 0 unspecified atom stereocenters. The number of imidazole rings is 1. The lowest BCUT2D eigenvalue weighted by atomic mass is 10.2. The SMILES string of the molecule is O=C(Nc1cccc2c1OCCO2)c1cncn1-c1ccccc1. The fourth-order valence-corrected chi connectivity index (χ4v) is 2.62. The number of nitrogens with one attached hydrogen (secondary N) is 1. The van der Waals surface area contributed by atoms with Crippen LogP contribution in [0.3, 0.4) is 0 Å². The van der Waals surface area contributed by atoms with Crippen molar-refractivity contribution in [1.82, 2.24) is 9.55 Å². The number of rotatable bonds is 3. The normalized spacial score (nSPS) is 12.7. The molecule has 0 aliphatic carbocycles. The quantitative estimate of drug-likeness (QED) is 0.805. The van der Waals surface area contributed by atoms with E-state index in [9.17, 15) is 4.79 Å². The fourth-order valence-electron chi connectivity index (χ4n) is 2.62. The highest BCUT2D eigenvalue weighted by atomic mass is 16.6. The number of aromatic nitrogens is 2. The first-order valence-corrected chi connectivity index (χ1v) is 7.60. The van der Waals surface area contributed by atoms with Gasteiger partial charge in [-0.1, -0.05) is 24.3 Å². The van der Waals surface area contributed by atoms with E-state index < -0.39 is 0 Å². The summed E-state index contributed by atoms with van der Waals surface area (Å²) >= 11 is 0. The van der Waals surface area contributed by atoms with Gasteiger partial charge < -0.3 is 14.8 Å². The zero-order valence-corrected chi connectivity index (χ0v) is 12.8. The second kappa shape index (κ2) is 6.08. The number of hydrogen-bond acceptors (Lipinski definition) is 4. The Morgan fingerprint density at radius 1 is 1.04 bits per heavy atom. The minimum atomic E-state index is -0.265. The average molecular weight is 321 g/mol. The molecule has 1 aliphatic heterocycles. The zero-order valence-electron chi connectivity index (χ0n) is 12.8. The smallest absolute Gasteiger partial charge is 0.274 e. The van der Waals surface area contributed by atoms with Gasteiger partial charge in [0.05, 0.1) is 18.2 Å². The van der Waals surface area contributed by atoms with Gasteiger partial charge in [0, 0.05) is 5.69 Å². The molecule has 6 heteroatoms. The van der Waals surface area contributed by atoms with Gasteiger partial charge in [-0.05, 0) is 24.3 Å². The van der Waals surface area contributed by atoms with Crippen LogP contribution in [0, 0.1) is 0 Å². The third-order valence-electron chi connectivity index (χ3n) is 3.72. The fraction of sp³-hybridized carbons (Fsp3) is 0.111. The molecule has 1 amide bonds. The van der Waals surface area contributed by atoms with Crippen LogP contribution < -0.4 is 14.8 Å². The van der Waals surface area contributed by atoms with E-state index in [4.69, 9.17) is 9.47 Å². The maximum absolute atomic E-state index is 12.7. The molecule has 1 aromatic heterocycles. The third kappa shape index (κ3) is 2.58. The molecule has 0 fully saturated rings. The van der Waals surface area contributed by atoms with Gasteiger partial charge in [-0.2, -0.15) is 0 Å². The van der Waals surface area contributed by atoms with E-state index in [2.05, 4.69) is 10.3 Å². The second-order valence-electron chi connectivity index (χ2n) is 5.27. The topological polar surface area (TPSA) is 65.4 Å². The van der Waals surface area contributed by atoms with Crippen molar-refractivity contribution < 1.29 is 14.3 Å². The lowest BCUT2D eigenvalue weighted by molar-refractivity contribution is 0.101. The van der Waals surface area contributed by atoms with Gasteiger partial charge in [0.25, 0.3) is 5.91 Å². The largest absolute Gasteiger partial charge is 0.486 e. The summed E-state index contributed by atoms with van der Waals surface area (Å²) in [6.45, 7) is 0.965. The lowest BCUT2D eigenvalue weighted by Crippen LogP contribution is -2.20. The number of carbonyl (C=O) groups excluding carboxylic acids is 1. The van der Waals surface area contributed by atoms with E-state index in [1.165, 1.54) is 6.20 Å². The monoisotopic (exact) mass is 321 g/mol. The summed E-state index contributed by atoms with van der Waals surface area (Å²) in [5.74, 6) is 0.928. The van der Waals surface area contributed by atoms with Crippen molar-refractivity contribution in [2.75, 3.05) is 18.5 Å². The predicted molar refractivity (Wildman–Crippen MR) is 88.9 cm³/mol. The first kappa shape index (κ1) is 14.3. The summed E-state index contributed by atoms with van der Waals surface area (Å²) in [5, 5.41) is 2.88. The van der Waals surface area contributed by atoms with E-state index in [1.807, 2.05) is 42.5 Å². The summed E-state index contributed by atoms with van der Waals surface area (Å²) in [6.07, 6.45) is 3.15. The summed E-state index contributed by atoms with van der Waals surface area (Å²) in [4.78, 5) is 16.8. The number of carbonyl (C=O) groups is 1. The van der Waals surface area contributed by atoms with E-state index >= 15 is 0 Å². The van der Waals surface area contributed by atoms with Crippen LogP contribution in [0.1, 0.15) is 10.5 Å². The summed E-state index contributed by atoms with van der Waals surface area (Å²) < 4.78 is 12.9. The van der Waals surface area contributed by atoms with Crippen molar-refractivity contribution in [3.05, 3.63) is 66.7 Å². The number of fused-ring (bicyclic) bond motifs is 1. The Hall–Kier alpha value is -3.28. The first-order valence-electron chi connectivity index (χ1n) is 7.60. The van der Waals surface area contributed by atoms with Crippen LogP contribution in [0.4, 0.5) is 5.69 Å². The van der Waals surface area contributed by atoms with Crippen molar-refractivity contribution in [2.24, 2.45) is 0 Å². The Bertz CT molecular complexity index is 874. The molecule has 3 aromatic rings. The third-order valence-corrected chi connectivity index (χ3v) is 3.72. The minimum absolute atomic E-state index is 0.265. The number of anilines is 1. The molecule has 0 bridgehead atoms. The van der Waals surface area contributed by atoms with Crippen LogP contribution in [-0.2, 0) is 0 Å². The van der Waals surface area contributed by atoms with Crippen LogP contribution in [0.5, 0.6) is 11.5 Å². The molecule has 1 aliphatic rings. The molecule has 0 atom stereocenters. The second-order valence-corrected chi connectivity index (χ2v) is 5.27. The zero-order chi connectivity index (χ0) is 16.4. The van der Waals surface area contributed by atoms with E-state index in [1.54, 1.807) is 17.0 Å². The molecule has 120 valence electrons. The maximum atomic E-state index is 12.7. The molecule has 1 N–H and O–H groups in total. The van der Waals surface area contributed by atoms with E-state index in [-0.39, 0.29) is 5.91 Å². The molecule has 2 heterocycles.